The summed E-state index contributed by atoms with van der Waals surface area (Å²) in [6.07, 6.45) is 1.14. The Balaban J connectivity index is 1.31. The predicted molar refractivity (Wildman–Crippen MR) is 139 cm³/mol. The number of esters is 1. The number of ketones is 1. The van der Waals surface area contributed by atoms with Gasteiger partial charge in [-0.15, -0.1) is 0 Å². The molecule has 0 atom stereocenters. The molecule has 0 aliphatic carbocycles. The number of carbonyl (C=O) groups excluding carboxylic acids is 3. The quantitative estimate of drug-likeness (QED) is 0.292. The zero-order chi connectivity index (χ0) is 27.1. The summed E-state index contributed by atoms with van der Waals surface area (Å²) in [5, 5.41) is 2.73. The van der Waals surface area contributed by atoms with Crippen molar-refractivity contribution >= 4 is 39.1 Å². The fourth-order valence-corrected chi connectivity index (χ4v) is 4.64. The van der Waals surface area contributed by atoms with E-state index in [2.05, 4.69) is 10.0 Å². The van der Waals surface area contributed by atoms with E-state index in [0.29, 0.717) is 42.4 Å². The first-order valence-electron chi connectivity index (χ1n) is 11.9. The second kappa shape index (κ2) is 11.8. The second-order valence-corrected chi connectivity index (χ2v) is 10.0. The highest BCUT2D eigenvalue weighted by atomic mass is 32.2. The molecule has 0 bridgehead atoms. The van der Waals surface area contributed by atoms with Crippen molar-refractivity contribution in [2.45, 2.75) is 24.7 Å². The van der Waals surface area contributed by atoms with Crippen molar-refractivity contribution in [2.75, 3.05) is 29.9 Å². The summed E-state index contributed by atoms with van der Waals surface area (Å²) < 4.78 is 43.9. The number of anilines is 2. The van der Waals surface area contributed by atoms with Crippen LogP contribution in [-0.4, -0.2) is 45.9 Å². The minimum Gasteiger partial charge on any atom is -0.486 e. The Bertz CT molecular complexity index is 1430. The fraction of sp³-hybridized carbons (Fsp3) is 0.222. The topological polar surface area (TPSA) is 137 Å². The highest BCUT2D eigenvalue weighted by molar-refractivity contribution is 7.92. The molecule has 0 spiro atoms. The zero-order valence-electron chi connectivity index (χ0n) is 20.6. The van der Waals surface area contributed by atoms with Gasteiger partial charge in [0.05, 0.1) is 10.5 Å². The molecule has 38 heavy (non-hydrogen) atoms. The maximum atomic E-state index is 12.8. The Hall–Kier alpha value is -4.38. The molecule has 2 N–H and O–H groups in total. The standard InChI is InChI=1S/C27H26N2O8S/c1-2-3-26(31)28-20-8-4-18(5-9-20)23(30)17-37-27(32)19-6-10-21(11-7-19)29-38(33,34)22-12-13-24-25(16-22)36-15-14-35-24/h4-13,16,29H,2-3,14-15,17H2,1H3,(H,28,31). The van der Waals surface area contributed by atoms with E-state index in [1.165, 1.54) is 42.5 Å². The van der Waals surface area contributed by atoms with Gasteiger partial charge in [0.15, 0.2) is 23.9 Å². The molecular formula is C27H26N2O8S. The van der Waals surface area contributed by atoms with E-state index in [0.717, 1.165) is 6.42 Å². The Labute approximate surface area is 220 Å². The van der Waals surface area contributed by atoms with Crippen LogP contribution in [0.15, 0.2) is 71.6 Å². The molecule has 3 aromatic carbocycles. The fourth-order valence-electron chi connectivity index (χ4n) is 3.57. The average Bonchev–Trinajstić information content (AvgIpc) is 2.92. The number of sulfonamides is 1. The summed E-state index contributed by atoms with van der Waals surface area (Å²) in [5.41, 5.74) is 1.28. The van der Waals surface area contributed by atoms with Gasteiger partial charge in [-0.2, -0.15) is 0 Å². The van der Waals surface area contributed by atoms with Crippen LogP contribution in [0.1, 0.15) is 40.5 Å². The lowest BCUT2D eigenvalue weighted by molar-refractivity contribution is -0.116. The van der Waals surface area contributed by atoms with Crippen molar-refractivity contribution in [1.82, 2.24) is 0 Å². The monoisotopic (exact) mass is 538 g/mol. The molecule has 1 amide bonds. The maximum absolute atomic E-state index is 12.8. The number of amides is 1. The Morgan fingerprint density at radius 3 is 2.16 bits per heavy atom. The number of hydrogen-bond donors (Lipinski definition) is 2. The molecule has 0 saturated carbocycles. The molecule has 1 heterocycles. The third-order valence-corrected chi connectivity index (χ3v) is 6.88. The van der Waals surface area contributed by atoms with Gasteiger partial charge in [-0.05, 0) is 67.1 Å². The second-order valence-electron chi connectivity index (χ2n) is 8.36. The molecule has 3 aromatic rings. The average molecular weight is 539 g/mol. The number of hydrogen-bond acceptors (Lipinski definition) is 8. The van der Waals surface area contributed by atoms with E-state index in [-0.39, 0.29) is 22.1 Å². The normalized spacial score (nSPS) is 12.3. The van der Waals surface area contributed by atoms with E-state index in [1.807, 2.05) is 6.92 Å². The Morgan fingerprint density at radius 1 is 0.842 bits per heavy atom. The molecule has 0 unspecified atom stereocenters. The van der Waals surface area contributed by atoms with Gasteiger partial charge in [-0.25, -0.2) is 13.2 Å². The van der Waals surface area contributed by atoms with Gasteiger partial charge in [0.2, 0.25) is 5.91 Å². The summed E-state index contributed by atoms with van der Waals surface area (Å²) in [7, 11) is -3.91. The van der Waals surface area contributed by atoms with Gasteiger partial charge in [-0.1, -0.05) is 6.92 Å². The lowest BCUT2D eigenvalue weighted by atomic mass is 10.1. The van der Waals surface area contributed by atoms with Crippen LogP contribution < -0.4 is 19.5 Å². The van der Waals surface area contributed by atoms with Gasteiger partial charge in [0.25, 0.3) is 10.0 Å². The van der Waals surface area contributed by atoms with Crippen LogP contribution in [0.3, 0.4) is 0 Å². The molecule has 4 rings (SSSR count). The largest absolute Gasteiger partial charge is 0.486 e. The number of fused-ring (bicyclic) bond motifs is 1. The third-order valence-electron chi connectivity index (χ3n) is 5.50. The maximum Gasteiger partial charge on any atom is 0.338 e. The van der Waals surface area contributed by atoms with Crippen molar-refractivity contribution in [1.29, 1.82) is 0 Å². The van der Waals surface area contributed by atoms with Crippen LogP contribution in [0, 0.1) is 0 Å². The summed E-state index contributed by atoms with van der Waals surface area (Å²) in [6.45, 7) is 2.16. The number of Topliss-reactive ketones (excluding diaryl/α,β-unsaturated/α-hetero) is 1. The Morgan fingerprint density at radius 2 is 1.47 bits per heavy atom. The number of nitrogens with one attached hydrogen (secondary N) is 2. The highest BCUT2D eigenvalue weighted by Crippen LogP contribution is 2.32. The minimum absolute atomic E-state index is 0.000112. The molecule has 198 valence electrons. The van der Waals surface area contributed by atoms with E-state index >= 15 is 0 Å². The zero-order valence-corrected chi connectivity index (χ0v) is 21.4. The molecule has 0 saturated heterocycles. The van der Waals surface area contributed by atoms with Gasteiger partial charge < -0.3 is 19.5 Å². The third kappa shape index (κ3) is 6.68. The molecule has 0 fully saturated rings. The Kier molecular flexibility index (Phi) is 8.27. The molecule has 1 aliphatic heterocycles. The molecule has 1 aliphatic rings. The molecule has 0 radical (unpaired) electrons. The molecule has 11 heteroatoms. The smallest absolute Gasteiger partial charge is 0.338 e. The molecular weight excluding hydrogens is 512 g/mol. The van der Waals surface area contributed by atoms with Crippen LogP contribution in [0.25, 0.3) is 0 Å². The summed E-state index contributed by atoms with van der Waals surface area (Å²) in [5.74, 6) is -0.426. The lowest BCUT2D eigenvalue weighted by Gasteiger charge is -2.19. The van der Waals surface area contributed by atoms with Crippen molar-refractivity contribution in [3.63, 3.8) is 0 Å². The molecule has 10 nitrogen and oxygen atoms in total. The lowest BCUT2D eigenvalue weighted by Crippen LogP contribution is -2.17. The number of carbonyl (C=O) groups is 3. The predicted octanol–water partition coefficient (Wildman–Crippen LogP) is 4.04. The van der Waals surface area contributed by atoms with E-state index in [1.54, 1.807) is 24.3 Å². The van der Waals surface area contributed by atoms with E-state index in [9.17, 15) is 22.8 Å². The van der Waals surface area contributed by atoms with Gasteiger partial charge in [0.1, 0.15) is 13.2 Å². The van der Waals surface area contributed by atoms with Crippen molar-refractivity contribution < 1.29 is 37.0 Å². The first-order valence-corrected chi connectivity index (χ1v) is 13.4. The summed E-state index contributed by atoms with van der Waals surface area (Å²) in [6, 6.07) is 16.2. The van der Waals surface area contributed by atoms with Crippen LogP contribution in [0.2, 0.25) is 0 Å². The molecule has 0 aromatic heterocycles. The number of benzene rings is 3. The first kappa shape index (κ1) is 26.7. The van der Waals surface area contributed by atoms with Gasteiger partial charge in [0, 0.05) is 29.4 Å². The number of rotatable bonds is 10. The van der Waals surface area contributed by atoms with Crippen LogP contribution in [-0.2, 0) is 19.6 Å². The van der Waals surface area contributed by atoms with Crippen molar-refractivity contribution in [3.05, 3.63) is 77.9 Å². The minimum atomic E-state index is -3.91. The van der Waals surface area contributed by atoms with E-state index in [4.69, 9.17) is 14.2 Å². The summed E-state index contributed by atoms with van der Waals surface area (Å²) in [4.78, 5) is 36.4. The van der Waals surface area contributed by atoms with Gasteiger partial charge >= 0.3 is 5.97 Å². The van der Waals surface area contributed by atoms with E-state index < -0.39 is 28.4 Å². The SMILES string of the molecule is CCCC(=O)Nc1ccc(C(=O)COC(=O)c2ccc(NS(=O)(=O)c3ccc4c(c3)OCCO4)cc2)cc1. The van der Waals surface area contributed by atoms with Crippen molar-refractivity contribution in [3.8, 4) is 11.5 Å². The summed E-state index contributed by atoms with van der Waals surface area (Å²) >= 11 is 0. The van der Waals surface area contributed by atoms with Crippen LogP contribution in [0.4, 0.5) is 11.4 Å². The number of ether oxygens (including phenoxy) is 3. The first-order chi connectivity index (χ1) is 18.2. The van der Waals surface area contributed by atoms with Gasteiger partial charge in [-0.3, -0.25) is 14.3 Å². The van der Waals surface area contributed by atoms with Crippen LogP contribution >= 0.6 is 0 Å². The van der Waals surface area contributed by atoms with Crippen molar-refractivity contribution in [2.24, 2.45) is 0 Å². The highest BCUT2D eigenvalue weighted by Gasteiger charge is 2.20. The van der Waals surface area contributed by atoms with Crippen LogP contribution in [0.5, 0.6) is 11.5 Å².